The van der Waals surface area contributed by atoms with Gasteiger partial charge in [-0.1, -0.05) is 18.2 Å². The van der Waals surface area contributed by atoms with E-state index >= 15 is 0 Å². The molecule has 0 spiro atoms. The molecule has 1 aromatic rings. The summed E-state index contributed by atoms with van der Waals surface area (Å²) in [7, 11) is -4.01. The van der Waals surface area contributed by atoms with Crippen LogP contribution in [0.5, 0.6) is 0 Å². The highest BCUT2D eigenvalue weighted by atomic mass is 32.2. The van der Waals surface area contributed by atoms with Crippen molar-refractivity contribution in [1.29, 1.82) is 0 Å². The van der Waals surface area contributed by atoms with E-state index in [9.17, 15) is 8.42 Å². The molecule has 0 heterocycles. The van der Waals surface area contributed by atoms with E-state index in [4.69, 9.17) is 4.55 Å². The van der Waals surface area contributed by atoms with Crippen LogP contribution >= 0.6 is 0 Å². The van der Waals surface area contributed by atoms with Gasteiger partial charge in [0.15, 0.2) is 5.37 Å². The van der Waals surface area contributed by atoms with E-state index in [-0.39, 0.29) is 0 Å². The zero-order valence-electron chi connectivity index (χ0n) is 7.14. The Hall–Kier alpha value is -1.07. The number of para-hydroxylation sites is 1. The van der Waals surface area contributed by atoms with Crippen molar-refractivity contribution in [3.05, 3.63) is 30.3 Å². The van der Waals surface area contributed by atoms with Crippen molar-refractivity contribution >= 4 is 15.8 Å². The molecule has 0 aliphatic carbocycles. The number of benzene rings is 1. The summed E-state index contributed by atoms with van der Waals surface area (Å²) in [4.78, 5) is 0. The van der Waals surface area contributed by atoms with E-state index < -0.39 is 15.5 Å². The molecule has 0 aliphatic heterocycles. The number of anilines is 1. The summed E-state index contributed by atoms with van der Waals surface area (Å²) in [5.74, 6) is 0. The summed E-state index contributed by atoms with van der Waals surface area (Å²) in [6, 6.07) is 8.82. The number of hydrogen-bond acceptors (Lipinski definition) is 3. The Morgan fingerprint density at radius 3 is 2.31 bits per heavy atom. The Labute approximate surface area is 77.3 Å². The van der Waals surface area contributed by atoms with E-state index in [0.717, 1.165) is 0 Å². The lowest BCUT2D eigenvalue weighted by Gasteiger charge is -2.11. The quantitative estimate of drug-likeness (QED) is 0.724. The van der Waals surface area contributed by atoms with Crippen LogP contribution in [0.15, 0.2) is 30.3 Å². The normalized spacial score (nSPS) is 13.7. The Kier molecular flexibility index (Phi) is 2.90. The predicted molar refractivity (Wildman–Crippen MR) is 51.1 cm³/mol. The first-order valence-corrected chi connectivity index (χ1v) is 5.28. The largest absolute Gasteiger partial charge is 0.367 e. The van der Waals surface area contributed by atoms with Crippen LogP contribution in [0.25, 0.3) is 0 Å². The molecular weight excluding hydrogens is 190 g/mol. The monoisotopic (exact) mass is 201 g/mol. The summed E-state index contributed by atoms with van der Waals surface area (Å²) in [5.41, 5.74) is 0.660. The highest BCUT2D eigenvalue weighted by molar-refractivity contribution is 7.86. The second-order valence-electron chi connectivity index (χ2n) is 2.67. The molecular formula is C8H11NO3S. The maximum atomic E-state index is 10.6. The maximum Gasteiger partial charge on any atom is 0.285 e. The summed E-state index contributed by atoms with van der Waals surface area (Å²) < 4.78 is 29.9. The molecule has 0 aliphatic rings. The van der Waals surface area contributed by atoms with Crippen LogP contribution in [-0.2, 0) is 10.1 Å². The van der Waals surface area contributed by atoms with Crippen LogP contribution in [0, 0.1) is 0 Å². The van der Waals surface area contributed by atoms with Crippen molar-refractivity contribution in [2.45, 2.75) is 12.3 Å². The van der Waals surface area contributed by atoms with E-state index in [2.05, 4.69) is 5.32 Å². The van der Waals surface area contributed by atoms with Gasteiger partial charge in [0.25, 0.3) is 10.1 Å². The molecule has 72 valence electrons. The maximum absolute atomic E-state index is 10.6. The fraction of sp³-hybridized carbons (Fsp3) is 0.250. The summed E-state index contributed by atoms with van der Waals surface area (Å²) in [5, 5.41) is 1.65. The number of rotatable bonds is 3. The number of nitrogens with one attached hydrogen (secondary N) is 1. The molecule has 1 unspecified atom stereocenters. The third kappa shape index (κ3) is 3.04. The van der Waals surface area contributed by atoms with Crippen LogP contribution < -0.4 is 5.32 Å². The van der Waals surface area contributed by atoms with Gasteiger partial charge in [-0.25, -0.2) is 0 Å². The average Bonchev–Trinajstić information content (AvgIpc) is 2.04. The predicted octanol–water partition coefficient (Wildman–Crippen LogP) is 1.33. The van der Waals surface area contributed by atoms with Crippen LogP contribution in [0.1, 0.15) is 6.92 Å². The molecule has 4 nitrogen and oxygen atoms in total. The molecule has 1 atom stereocenters. The van der Waals surface area contributed by atoms with Gasteiger partial charge < -0.3 is 5.32 Å². The molecule has 5 heteroatoms. The molecule has 13 heavy (non-hydrogen) atoms. The van der Waals surface area contributed by atoms with Gasteiger partial charge in [-0.15, -0.1) is 0 Å². The minimum atomic E-state index is -4.01. The fourth-order valence-corrected chi connectivity index (χ4v) is 1.13. The van der Waals surface area contributed by atoms with Gasteiger partial charge in [0, 0.05) is 5.69 Å². The van der Waals surface area contributed by atoms with Crippen LogP contribution in [-0.4, -0.2) is 18.3 Å². The highest BCUT2D eigenvalue weighted by Gasteiger charge is 2.15. The lowest BCUT2D eigenvalue weighted by atomic mass is 10.3. The zero-order chi connectivity index (χ0) is 9.90. The van der Waals surface area contributed by atoms with Gasteiger partial charge in [-0.3, -0.25) is 4.55 Å². The molecule has 1 aromatic carbocycles. The van der Waals surface area contributed by atoms with Crippen molar-refractivity contribution in [3.8, 4) is 0 Å². The van der Waals surface area contributed by atoms with Crippen LogP contribution in [0.3, 0.4) is 0 Å². The van der Waals surface area contributed by atoms with E-state index in [1.54, 1.807) is 24.3 Å². The van der Waals surface area contributed by atoms with Crippen molar-refractivity contribution in [3.63, 3.8) is 0 Å². The van der Waals surface area contributed by atoms with Crippen molar-refractivity contribution in [1.82, 2.24) is 0 Å². The minimum Gasteiger partial charge on any atom is -0.367 e. The molecule has 0 bridgehead atoms. The molecule has 0 amide bonds. The third-order valence-electron chi connectivity index (χ3n) is 1.59. The molecule has 1 rings (SSSR count). The van der Waals surface area contributed by atoms with Gasteiger partial charge in [-0.05, 0) is 19.1 Å². The molecule has 0 aromatic heterocycles. The lowest BCUT2D eigenvalue weighted by molar-refractivity contribution is 0.475. The van der Waals surface area contributed by atoms with E-state index in [0.29, 0.717) is 5.69 Å². The second-order valence-corrected chi connectivity index (χ2v) is 4.40. The van der Waals surface area contributed by atoms with Gasteiger partial charge >= 0.3 is 0 Å². The minimum absolute atomic E-state index is 0.660. The van der Waals surface area contributed by atoms with Crippen LogP contribution in [0.2, 0.25) is 0 Å². The Bertz CT molecular complexity index is 360. The Balaban J connectivity index is 2.72. The Morgan fingerprint density at radius 1 is 1.31 bits per heavy atom. The molecule has 0 saturated heterocycles. The fourth-order valence-electron chi connectivity index (χ4n) is 0.844. The van der Waals surface area contributed by atoms with Gasteiger partial charge in [0.2, 0.25) is 0 Å². The summed E-state index contributed by atoms with van der Waals surface area (Å²) >= 11 is 0. The second kappa shape index (κ2) is 3.76. The highest BCUT2D eigenvalue weighted by Crippen LogP contribution is 2.08. The molecule has 0 saturated carbocycles. The smallest absolute Gasteiger partial charge is 0.285 e. The SMILES string of the molecule is CC(Nc1ccccc1)S(=O)(=O)O. The first-order chi connectivity index (χ1) is 6.00. The first kappa shape index (κ1) is 10.0. The average molecular weight is 201 g/mol. The van der Waals surface area contributed by atoms with Crippen molar-refractivity contribution < 1.29 is 13.0 Å². The van der Waals surface area contributed by atoms with Gasteiger partial charge in [0.1, 0.15) is 0 Å². The standard InChI is InChI=1S/C8H11NO3S/c1-7(13(10,11)12)9-8-5-3-2-4-6-8/h2-7,9H,1H3,(H,10,11,12). The topological polar surface area (TPSA) is 66.4 Å². The van der Waals surface area contributed by atoms with Crippen molar-refractivity contribution in [2.75, 3.05) is 5.32 Å². The molecule has 0 radical (unpaired) electrons. The molecule has 2 N–H and O–H groups in total. The number of hydrogen-bond donors (Lipinski definition) is 2. The summed E-state index contributed by atoms with van der Waals surface area (Å²) in [6.07, 6.45) is 0. The van der Waals surface area contributed by atoms with E-state index in [1.807, 2.05) is 6.07 Å². The Morgan fingerprint density at radius 2 is 1.85 bits per heavy atom. The van der Waals surface area contributed by atoms with Crippen LogP contribution in [0.4, 0.5) is 5.69 Å². The van der Waals surface area contributed by atoms with Gasteiger partial charge in [0.05, 0.1) is 0 Å². The summed E-state index contributed by atoms with van der Waals surface area (Å²) in [6.45, 7) is 1.38. The lowest BCUT2D eigenvalue weighted by Crippen LogP contribution is -2.25. The first-order valence-electron chi connectivity index (χ1n) is 3.78. The zero-order valence-corrected chi connectivity index (χ0v) is 7.95. The molecule has 0 fully saturated rings. The van der Waals surface area contributed by atoms with Crippen molar-refractivity contribution in [2.24, 2.45) is 0 Å². The van der Waals surface area contributed by atoms with Gasteiger partial charge in [-0.2, -0.15) is 8.42 Å². The third-order valence-corrected chi connectivity index (χ3v) is 2.60. The van der Waals surface area contributed by atoms with E-state index in [1.165, 1.54) is 6.92 Å².